The zero-order valence-electron chi connectivity index (χ0n) is 43.4. The maximum Gasteiger partial charge on any atom is 0.417 e. The van der Waals surface area contributed by atoms with E-state index in [4.69, 9.17) is 38.9 Å². The van der Waals surface area contributed by atoms with Gasteiger partial charge in [-0.1, -0.05) is 13.3 Å². The van der Waals surface area contributed by atoms with E-state index < -0.39 is 71.6 Å². The lowest BCUT2D eigenvalue weighted by molar-refractivity contribution is -0.140. The van der Waals surface area contributed by atoms with Crippen molar-refractivity contribution >= 4 is 99.8 Å². The number of hydrogen-bond donors (Lipinski definition) is 8. The van der Waals surface area contributed by atoms with Gasteiger partial charge in [0.25, 0.3) is 0 Å². The quantitative estimate of drug-likeness (QED) is 0.00759. The molecule has 0 saturated heterocycles. The van der Waals surface area contributed by atoms with Crippen LogP contribution in [-0.2, 0) is 31.4 Å². The Morgan fingerprint density at radius 1 is 0.481 bits per heavy atom. The van der Waals surface area contributed by atoms with Gasteiger partial charge in [0.2, 0.25) is 0 Å². The van der Waals surface area contributed by atoms with Crippen LogP contribution in [0, 0.1) is 0 Å². The Labute approximate surface area is 486 Å². The summed E-state index contributed by atoms with van der Waals surface area (Å²) >= 11 is 7.04. The molecule has 0 radical (unpaired) electrons. The van der Waals surface area contributed by atoms with Crippen LogP contribution in [0.1, 0.15) is 89.5 Å². The Hall–Kier alpha value is -4.83. The zero-order chi connectivity index (χ0) is 60.5. The molecule has 0 saturated carbocycles. The van der Waals surface area contributed by atoms with Crippen LogP contribution in [0.5, 0.6) is 0 Å². The van der Waals surface area contributed by atoms with E-state index in [0.717, 1.165) is 90.0 Å². The van der Waals surface area contributed by atoms with Crippen LogP contribution in [0.3, 0.4) is 0 Å². The minimum absolute atomic E-state index is 0.0257. The average molecular weight is 1260 g/mol. The SMILES string of the molecule is CCCCSc1cc(SCCNC)c(C(F)(F)F)cc1N.NCCSc1cc(SCCN)c(C(F)(F)F)cc1CC(=O)c1cc(C(=O)Cc2cc(C(F)(F)F)c(SCCN)cc2SCCN)ncn1.O=C(O)c1cc(C(=O)O)ncn1. The minimum atomic E-state index is -4.70. The van der Waals surface area contributed by atoms with Crippen molar-refractivity contribution in [1.82, 2.24) is 25.3 Å². The number of halogens is 9. The fraction of sp³-hybridized carbons (Fsp3) is 0.400. The van der Waals surface area contributed by atoms with E-state index in [1.165, 1.54) is 59.2 Å². The van der Waals surface area contributed by atoms with Gasteiger partial charge in [0.05, 0.1) is 16.7 Å². The van der Waals surface area contributed by atoms with Crippen LogP contribution < -0.4 is 34.0 Å². The van der Waals surface area contributed by atoms with Gasteiger partial charge in [-0.3, -0.25) is 9.59 Å². The number of rotatable bonds is 28. The maximum atomic E-state index is 14.0. The molecule has 0 aliphatic rings. The van der Waals surface area contributed by atoms with Crippen LogP contribution >= 0.6 is 70.6 Å². The van der Waals surface area contributed by atoms with E-state index >= 15 is 0 Å². The highest BCUT2D eigenvalue weighted by molar-refractivity contribution is 8.01. The summed E-state index contributed by atoms with van der Waals surface area (Å²) in [7, 11) is 1.78. The smallest absolute Gasteiger partial charge is 0.417 e. The predicted octanol–water partition coefficient (Wildman–Crippen LogP) is 9.93. The molecular weight excluding hydrogens is 1200 g/mol. The first kappa shape index (κ1) is 70.4. The second-order valence-corrected chi connectivity index (χ2v) is 23.2. The van der Waals surface area contributed by atoms with E-state index in [-0.39, 0.29) is 92.0 Å². The summed E-state index contributed by atoms with van der Waals surface area (Å²) in [4.78, 5) is 63.7. The molecule has 16 nitrogen and oxygen atoms in total. The molecule has 31 heteroatoms. The van der Waals surface area contributed by atoms with Crippen molar-refractivity contribution in [3.8, 4) is 0 Å². The first-order valence-corrected chi connectivity index (χ1v) is 30.0. The topological polar surface area (TPSA) is 302 Å². The third-order valence-corrected chi connectivity index (χ3v) is 16.9. The standard InChI is InChI=1S/C30H34F6N6O2S4.C14H21F3N2S2.C6H4N2O4/c31-29(32,33)19-9-17(25(45-5-1-37)14-27(19)47-7-3-39)11-23(43)21-13-22(42-16-41-21)24(44)12-18-10-20(30(34,35)36)28(48-8-4-40)15-26(18)46-6-2-38;1-3-4-6-20-13-9-12(21-7-5-19-2)10(8-11(13)18)14(15,16)17;9-5(10)3-1-4(6(11)12)8-2-7-3/h9-10,13-16H,1-8,11-12,37-40H2;8-9,19H,3-7,18H2,1-2H3;1-2H,(H,9,10)(H,11,12). The number of carbonyl (C=O) groups is 4. The van der Waals surface area contributed by atoms with Crippen molar-refractivity contribution in [2.45, 2.75) is 80.5 Å². The lowest BCUT2D eigenvalue weighted by atomic mass is 10.0. The molecule has 0 unspecified atom stereocenters. The van der Waals surface area contributed by atoms with Gasteiger partial charge in [-0.25, -0.2) is 29.5 Å². The number of thioether (sulfide) groups is 6. The Morgan fingerprint density at radius 3 is 1.17 bits per heavy atom. The molecule has 0 fully saturated rings. The monoisotopic (exact) mass is 1260 g/mol. The van der Waals surface area contributed by atoms with Gasteiger partial charge in [-0.15, -0.1) is 70.6 Å². The Kier molecular flexibility index (Phi) is 30.2. The molecule has 81 heavy (non-hydrogen) atoms. The van der Waals surface area contributed by atoms with Crippen molar-refractivity contribution in [2.24, 2.45) is 22.9 Å². The van der Waals surface area contributed by atoms with E-state index in [9.17, 15) is 58.7 Å². The van der Waals surface area contributed by atoms with Gasteiger partial charge < -0.3 is 44.2 Å². The molecule has 0 aliphatic heterocycles. The molecule has 2 aromatic heterocycles. The van der Waals surface area contributed by atoms with Gasteiger partial charge in [0.1, 0.15) is 24.0 Å². The van der Waals surface area contributed by atoms with Crippen molar-refractivity contribution in [3.63, 3.8) is 0 Å². The van der Waals surface area contributed by atoms with Crippen LogP contribution in [0.4, 0.5) is 45.2 Å². The number of carboxylic acids is 2. The van der Waals surface area contributed by atoms with Gasteiger partial charge in [-0.05, 0) is 72.8 Å². The molecule has 0 atom stereocenters. The summed E-state index contributed by atoms with van der Waals surface area (Å²) in [6.07, 6.45) is -10.8. The zero-order valence-corrected chi connectivity index (χ0v) is 48.3. The highest BCUT2D eigenvalue weighted by atomic mass is 32.2. The highest BCUT2D eigenvalue weighted by Gasteiger charge is 2.37. The summed E-state index contributed by atoms with van der Waals surface area (Å²) in [5.41, 5.74) is 24.8. The van der Waals surface area contributed by atoms with Crippen LogP contribution in [0.2, 0.25) is 0 Å². The van der Waals surface area contributed by atoms with Crippen molar-refractivity contribution < 1.29 is 68.9 Å². The fourth-order valence-electron chi connectivity index (χ4n) is 6.53. The number of aromatic nitrogens is 4. The summed E-state index contributed by atoms with van der Waals surface area (Å²) < 4.78 is 123. The average Bonchev–Trinajstić information content (AvgIpc) is 3.51. The number of nitrogens with zero attached hydrogens (tertiary/aromatic N) is 4. The van der Waals surface area contributed by atoms with E-state index in [1.54, 1.807) is 13.1 Å². The number of hydrogen-bond acceptors (Lipinski definition) is 20. The molecule has 5 rings (SSSR count). The summed E-state index contributed by atoms with van der Waals surface area (Å²) in [6, 6.07) is 9.23. The third kappa shape index (κ3) is 23.4. The molecular formula is C50H59F9N10O6S6. The van der Waals surface area contributed by atoms with Gasteiger partial charge in [-0.2, -0.15) is 39.5 Å². The summed E-state index contributed by atoms with van der Waals surface area (Å²) in [5.74, 6) is -1.20. The molecule has 0 bridgehead atoms. The highest BCUT2D eigenvalue weighted by Crippen LogP contribution is 2.44. The normalized spacial score (nSPS) is 11.6. The van der Waals surface area contributed by atoms with Crippen LogP contribution in [-0.4, -0.2) is 128 Å². The summed E-state index contributed by atoms with van der Waals surface area (Å²) in [5, 5.41) is 19.7. The third-order valence-electron chi connectivity index (χ3n) is 10.3. The number of nitrogen functional groups attached to an aromatic ring is 1. The number of carboxylic acid groups (broad SMARTS) is 2. The Balaban J connectivity index is 0.000000423. The van der Waals surface area contributed by atoms with E-state index in [1.807, 2.05) is 0 Å². The largest absolute Gasteiger partial charge is 0.477 e. The molecule has 13 N–H and O–H groups in total. The van der Waals surface area contributed by atoms with Crippen molar-refractivity contribution in [1.29, 1.82) is 0 Å². The van der Waals surface area contributed by atoms with E-state index in [2.05, 4.69) is 32.2 Å². The van der Waals surface area contributed by atoms with Gasteiger partial charge in [0, 0.05) is 115 Å². The lowest BCUT2D eigenvalue weighted by Gasteiger charge is -2.18. The second kappa shape index (κ2) is 34.7. The number of anilines is 1. The predicted molar refractivity (Wildman–Crippen MR) is 302 cm³/mol. The molecule has 5 aromatic rings. The molecule has 0 aliphatic carbocycles. The number of carbonyl (C=O) groups excluding carboxylic acids is 2. The number of ketones is 2. The maximum absolute atomic E-state index is 14.0. The first-order chi connectivity index (χ1) is 38.2. The number of alkyl halides is 9. The van der Waals surface area contributed by atoms with Crippen LogP contribution in [0.25, 0.3) is 0 Å². The fourth-order valence-corrected chi connectivity index (χ4v) is 12.3. The molecule has 3 aromatic carbocycles. The number of aromatic carboxylic acids is 2. The molecule has 444 valence electrons. The molecule has 0 amide bonds. The van der Waals surface area contributed by atoms with E-state index in [0.29, 0.717) is 33.6 Å². The number of nitrogens with one attached hydrogen (secondary N) is 1. The number of benzene rings is 3. The number of nitrogens with two attached hydrogens (primary N) is 5. The Morgan fingerprint density at radius 2 is 0.815 bits per heavy atom. The van der Waals surface area contributed by atoms with Crippen molar-refractivity contribution in [3.05, 3.63) is 112 Å². The van der Waals surface area contributed by atoms with Crippen molar-refractivity contribution in [2.75, 3.05) is 80.0 Å². The molecule has 2 heterocycles. The van der Waals surface area contributed by atoms with Gasteiger partial charge in [0.15, 0.2) is 23.0 Å². The first-order valence-electron chi connectivity index (χ1n) is 24.1. The lowest BCUT2D eigenvalue weighted by Crippen LogP contribution is -2.15. The minimum Gasteiger partial charge on any atom is -0.477 e. The summed E-state index contributed by atoms with van der Waals surface area (Å²) in [6.45, 7) is 3.56. The number of unbranched alkanes of at least 4 members (excludes halogenated alkanes) is 1. The molecule has 0 spiro atoms. The number of Topliss-reactive ketones (excluding diaryl/α,β-unsaturated/α-hetero) is 2. The second-order valence-electron chi connectivity index (χ2n) is 16.4. The van der Waals surface area contributed by atoms with Crippen LogP contribution in [0.15, 0.2) is 90.6 Å². The van der Waals surface area contributed by atoms with Gasteiger partial charge >= 0.3 is 30.5 Å². The Bertz CT molecular complexity index is 2750.